The number of rotatable bonds is 0. The van der Waals surface area contributed by atoms with E-state index in [9.17, 15) is 0 Å². The maximum atomic E-state index is 3.76. The van der Waals surface area contributed by atoms with Gasteiger partial charge in [0.2, 0.25) is 0 Å². The zero-order valence-electron chi connectivity index (χ0n) is 10.0. The second kappa shape index (κ2) is 5.40. The van der Waals surface area contributed by atoms with E-state index in [0.717, 1.165) is 13.4 Å². The lowest BCUT2D eigenvalue weighted by atomic mass is 10.1. The summed E-state index contributed by atoms with van der Waals surface area (Å²) in [5, 5.41) is 0. The summed E-state index contributed by atoms with van der Waals surface area (Å²) in [6, 6.07) is 12.7. The average molecular weight is 461 g/mol. The van der Waals surface area contributed by atoms with Crippen molar-refractivity contribution in [3.63, 3.8) is 0 Å². The molecule has 1 aliphatic rings. The van der Waals surface area contributed by atoms with Crippen molar-refractivity contribution < 1.29 is 0 Å². The molecule has 4 heteroatoms. The number of benzene rings is 2. The van der Waals surface area contributed by atoms with Crippen LogP contribution < -0.4 is 0 Å². The van der Waals surface area contributed by atoms with Crippen LogP contribution in [0.1, 0.15) is 16.7 Å². The molecule has 3 rings (SSSR count). The van der Waals surface area contributed by atoms with Gasteiger partial charge in [-0.3, -0.25) is 0 Å². The van der Waals surface area contributed by atoms with Crippen molar-refractivity contribution in [2.45, 2.75) is 16.7 Å². The fraction of sp³-hybridized carbons (Fsp3) is 0.0667. The smallest absolute Gasteiger partial charge is 0.0410 e. The van der Waals surface area contributed by atoms with E-state index in [2.05, 4.69) is 91.1 Å². The molecule has 0 nitrogen and oxygen atoms in total. The Bertz CT molecular complexity index is 705. The standard InChI is InChI=1S/C15H9Br3S/c1-8-10(16)6-7-12-13(8)15(18)14(17)9-4-2-3-5-11(9)19-12/h2-7H,1H3. The van der Waals surface area contributed by atoms with Crippen molar-refractivity contribution in [3.05, 3.63) is 57.6 Å². The first-order chi connectivity index (χ1) is 9.09. The highest BCUT2D eigenvalue weighted by Gasteiger charge is 2.21. The SMILES string of the molecule is Cc1c(Br)ccc2c1C(Br)=C(Br)c1ccccc1S2. The molecule has 0 saturated carbocycles. The molecule has 0 atom stereocenters. The molecule has 0 saturated heterocycles. The highest BCUT2D eigenvalue weighted by molar-refractivity contribution is 9.18. The van der Waals surface area contributed by atoms with E-state index in [-0.39, 0.29) is 0 Å². The fourth-order valence-electron chi connectivity index (χ4n) is 2.10. The fourth-order valence-corrected chi connectivity index (χ4v) is 5.12. The first-order valence-electron chi connectivity index (χ1n) is 5.71. The van der Waals surface area contributed by atoms with Crippen LogP contribution in [0.15, 0.2) is 50.7 Å². The molecule has 1 heterocycles. The lowest BCUT2D eigenvalue weighted by Crippen LogP contribution is -1.89. The first-order valence-corrected chi connectivity index (χ1v) is 8.91. The Morgan fingerprint density at radius 1 is 0.842 bits per heavy atom. The van der Waals surface area contributed by atoms with Gasteiger partial charge in [-0.25, -0.2) is 0 Å². The molecule has 0 spiro atoms. The third kappa shape index (κ3) is 2.37. The summed E-state index contributed by atoms with van der Waals surface area (Å²) in [4.78, 5) is 2.54. The van der Waals surface area contributed by atoms with Gasteiger partial charge in [0.15, 0.2) is 0 Å². The van der Waals surface area contributed by atoms with E-state index < -0.39 is 0 Å². The predicted octanol–water partition coefficient (Wildman–Crippen LogP) is 6.84. The van der Waals surface area contributed by atoms with Crippen LogP contribution >= 0.6 is 59.6 Å². The molecular formula is C15H9Br3S. The van der Waals surface area contributed by atoms with E-state index in [1.165, 1.54) is 26.5 Å². The van der Waals surface area contributed by atoms with E-state index in [0.29, 0.717) is 0 Å². The van der Waals surface area contributed by atoms with Crippen molar-refractivity contribution in [1.82, 2.24) is 0 Å². The molecule has 0 aliphatic carbocycles. The number of halogens is 3. The molecule has 0 radical (unpaired) electrons. The monoisotopic (exact) mass is 458 g/mol. The van der Waals surface area contributed by atoms with Crippen LogP contribution in [0, 0.1) is 6.92 Å². The Kier molecular flexibility index (Phi) is 3.96. The van der Waals surface area contributed by atoms with Gasteiger partial charge in [0.25, 0.3) is 0 Å². The van der Waals surface area contributed by atoms with Gasteiger partial charge >= 0.3 is 0 Å². The molecule has 2 aromatic carbocycles. The highest BCUT2D eigenvalue weighted by Crippen LogP contribution is 2.49. The minimum absolute atomic E-state index is 1.11. The van der Waals surface area contributed by atoms with Gasteiger partial charge in [-0.05, 0) is 62.5 Å². The van der Waals surface area contributed by atoms with Crippen molar-refractivity contribution >= 4 is 68.5 Å². The molecule has 0 aromatic heterocycles. The van der Waals surface area contributed by atoms with Crippen LogP contribution in [0.5, 0.6) is 0 Å². The normalized spacial score (nSPS) is 13.9. The Labute approximate surface area is 142 Å². The van der Waals surface area contributed by atoms with Crippen LogP contribution in [0.3, 0.4) is 0 Å². The molecule has 0 amide bonds. The molecule has 0 N–H and O–H groups in total. The summed E-state index contributed by atoms with van der Waals surface area (Å²) < 4.78 is 3.35. The van der Waals surface area contributed by atoms with Crippen molar-refractivity contribution in [2.24, 2.45) is 0 Å². The summed E-state index contributed by atoms with van der Waals surface area (Å²) in [5.74, 6) is 0. The van der Waals surface area contributed by atoms with E-state index >= 15 is 0 Å². The minimum Gasteiger partial charge on any atom is -0.0887 e. The number of fused-ring (bicyclic) bond motifs is 2. The van der Waals surface area contributed by atoms with Gasteiger partial charge in [-0.15, -0.1) is 0 Å². The summed E-state index contributed by atoms with van der Waals surface area (Å²) in [6.45, 7) is 2.14. The maximum absolute atomic E-state index is 3.76. The molecule has 2 aromatic rings. The largest absolute Gasteiger partial charge is 0.0887 e. The van der Waals surface area contributed by atoms with Gasteiger partial charge in [-0.2, -0.15) is 0 Å². The Balaban J connectivity index is 2.37. The summed E-state index contributed by atoms with van der Waals surface area (Å²) in [5.41, 5.74) is 3.73. The number of hydrogen-bond donors (Lipinski definition) is 0. The van der Waals surface area contributed by atoms with Crippen molar-refractivity contribution in [1.29, 1.82) is 0 Å². The minimum atomic E-state index is 1.11. The lowest BCUT2D eigenvalue weighted by Gasteiger charge is -2.11. The third-order valence-electron chi connectivity index (χ3n) is 3.12. The molecule has 0 bridgehead atoms. The van der Waals surface area contributed by atoms with Crippen LogP contribution in [-0.2, 0) is 0 Å². The molecule has 0 fully saturated rings. The van der Waals surface area contributed by atoms with Crippen LogP contribution in [0.4, 0.5) is 0 Å². The predicted molar refractivity (Wildman–Crippen MR) is 94.1 cm³/mol. The van der Waals surface area contributed by atoms with Crippen LogP contribution in [0.2, 0.25) is 0 Å². The lowest BCUT2D eigenvalue weighted by molar-refractivity contribution is 1.30. The Morgan fingerprint density at radius 3 is 2.37 bits per heavy atom. The maximum Gasteiger partial charge on any atom is 0.0410 e. The molecule has 19 heavy (non-hydrogen) atoms. The quantitative estimate of drug-likeness (QED) is 0.414. The van der Waals surface area contributed by atoms with Gasteiger partial charge < -0.3 is 0 Å². The summed E-state index contributed by atoms with van der Waals surface area (Å²) >= 11 is 12.9. The van der Waals surface area contributed by atoms with E-state index in [4.69, 9.17) is 0 Å². The van der Waals surface area contributed by atoms with Crippen molar-refractivity contribution in [2.75, 3.05) is 0 Å². The molecular weight excluding hydrogens is 452 g/mol. The Hall–Kier alpha value is -0.0300. The topological polar surface area (TPSA) is 0 Å². The van der Waals surface area contributed by atoms with E-state index in [1.807, 2.05) is 11.8 Å². The average Bonchev–Trinajstić information content (AvgIpc) is 2.52. The third-order valence-corrected chi connectivity index (χ3v) is 7.26. The molecule has 96 valence electrons. The second-order valence-corrected chi connectivity index (χ2v) is 7.80. The summed E-state index contributed by atoms with van der Waals surface area (Å²) in [7, 11) is 0. The highest BCUT2D eigenvalue weighted by atomic mass is 79.9. The first kappa shape index (κ1) is 13.9. The summed E-state index contributed by atoms with van der Waals surface area (Å²) in [6.07, 6.45) is 0. The van der Waals surface area contributed by atoms with Crippen molar-refractivity contribution in [3.8, 4) is 0 Å². The molecule has 0 unspecified atom stereocenters. The zero-order chi connectivity index (χ0) is 13.6. The van der Waals surface area contributed by atoms with Gasteiger partial charge in [0.1, 0.15) is 0 Å². The second-order valence-electron chi connectivity index (χ2n) is 4.27. The Morgan fingerprint density at radius 2 is 1.58 bits per heavy atom. The van der Waals surface area contributed by atoms with Gasteiger partial charge in [-0.1, -0.05) is 45.9 Å². The number of hydrogen-bond acceptors (Lipinski definition) is 1. The van der Waals surface area contributed by atoms with E-state index in [1.54, 1.807) is 0 Å². The van der Waals surface area contributed by atoms with Crippen LogP contribution in [0.25, 0.3) is 8.96 Å². The van der Waals surface area contributed by atoms with Gasteiger partial charge in [0, 0.05) is 34.4 Å². The van der Waals surface area contributed by atoms with Gasteiger partial charge in [0.05, 0.1) is 0 Å². The zero-order valence-corrected chi connectivity index (χ0v) is 15.6. The molecule has 1 aliphatic heterocycles. The van der Waals surface area contributed by atoms with Crippen LogP contribution in [-0.4, -0.2) is 0 Å².